The number of esters is 4. The van der Waals surface area contributed by atoms with Gasteiger partial charge in [0.2, 0.25) is 0 Å². The van der Waals surface area contributed by atoms with Crippen molar-refractivity contribution in [3.8, 4) is 0 Å². The molecule has 0 aromatic rings. The Labute approximate surface area is 307 Å². The Hall–Kier alpha value is -4.65. The molecule has 0 saturated carbocycles. The van der Waals surface area contributed by atoms with Gasteiger partial charge in [-0.25, -0.2) is 9.59 Å². The zero-order valence-corrected chi connectivity index (χ0v) is 28.2. The second-order valence-electron chi connectivity index (χ2n) is 11.1. The molecule has 0 bridgehead atoms. The number of hydrogen-bond donors (Lipinski definition) is 14. The Bertz CT molecular complexity index is 1280. The summed E-state index contributed by atoms with van der Waals surface area (Å²) in [4.78, 5) is 100. The van der Waals surface area contributed by atoms with E-state index in [0.29, 0.717) is 0 Å². The number of aliphatic carboxylic acids is 2. The van der Waals surface area contributed by atoms with Crippen LogP contribution < -0.4 is 5.73 Å². The second-order valence-corrected chi connectivity index (χ2v) is 11.1. The fraction of sp³-hybridized carbons (Fsp3) is 0.679. The molecule has 0 aliphatic heterocycles. The van der Waals surface area contributed by atoms with Crippen LogP contribution in [-0.4, -0.2) is 220 Å². The summed E-state index contributed by atoms with van der Waals surface area (Å²) >= 11 is 0. The van der Waals surface area contributed by atoms with Crippen LogP contribution in [0.3, 0.4) is 0 Å². The number of nitrogens with two attached hydrogens (primary N) is 1. The van der Waals surface area contributed by atoms with Crippen molar-refractivity contribution in [3.05, 3.63) is 0 Å². The number of hydrogen-bond acceptors (Lipinski definition) is 25. The zero-order valence-electron chi connectivity index (χ0n) is 28.2. The summed E-state index contributed by atoms with van der Waals surface area (Å²) in [5.41, 5.74) is 2.27. The van der Waals surface area contributed by atoms with Crippen LogP contribution in [0.2, 0.25) is 0 Å². The molecule has 0 radical (unpaired) electrons. The van der Waals surface area contributed by atoms with E-state index in [9.17, 15) is 89.1 Å². The molecule has 0 saturated heterocycles. The summed E-state index contributed by atoms with van der Waals surface area (Å²) in [7, 11) is 0. The van der Waals surface area contributed by atoms with Gasteiger partial charge < -0.3 is 105 Å². The van der Waals surface area contributed by atoms with Crippen molar-refractivity contribution in [3.63, 3.8) is 0 Å². The highest BCUT2D eigenvalue weighted by atomic mass is 16.6. The number of aliphatic hydroxyl groups excluding tert-OH is 10. The van der Waals surface area contributed by atoms with Crippen molar-refractivity contribution in [2.45, 2.75) is 91.9 Å². The zero-order chi connectivity index (χ0) is 43.2. The minimum atomic E-state index is -3.21. The SMILES string of the molecule is N[C@@H](COC(=O)CC(O)(CC(=O)OC[C@H](O)[C@H](O)[C@@H](O)C=O)C(=O)OC[C@@H](O)[C@@H](O)[C@H](O)C=O)C(=O)OC[C@@H](O)[C@H](O)[C@@H](O)C=O.O=C(O)CC(O)C(=O)O. The van der Waals surface area contributed by atoms with Gasteiger partial charge in [-0.3, -0.25) is 19.2 Å². The Kier molecular flexibility index (Phi) is 25.0. The molecular formula is C28H43NO26. The maximum atomic E-state index is 12.6. The van der Waals surface area contributed by atoms with Crippen LogP contribution >= 0.6 is 0 Å². The van der Waals surface area contributed by atoms with E-state index in [1.54, 1.807) is 0 Å². The van der Waals surface area contributed by atoms with Crippen molar-refractivity contribution >= 4 is 54.7 Å². The van der Waals surface area contributed by atoms with E-state index < -0.39 is 154 Å². The number of carboxylic acid groups (broad SMARTS) is 2. The second kappa shape index (κ2) is 26.2. The van der Waals surface area contributed by atoms with Crippen molar-refractivity contribution in [1.29, 1.82) is 0 Å². The van der Waals surface area contributed by atoms with Gasteiger partial charge in [0.05, 0.1) is 19.3 Å². The summed E-state index contributed by atoms with van der Waals surface area (Å²) in [6, 6.07) is -1.79. The smallest absolute Gasteiger partial charge is 0.339 e. The highest BCUT2D eigenvalue weighted by molar-refractivity contribution is 5.90. The van der Waals surface area contributed by atoms with Gasteiger partial charge in [-0.05, 0) is 0 Å². The number of rotatable bonds is 26. The lowest BCUT2D eigenvalue weighted by molar-refractivity contribution is -0.183. The van der Waals surface area contributed by atoms with Gasteiger partial charge in [0.15, 0.2) is 30.6 Å². The molecule has 0 aliphatic carbocycles. The average molecular weight is 810 g/mol. The van der Waals surface area contributed by atoms with Crippen LogP contribution in [0.1, 0.15) is 19.3 Å². The minimum absolute atomic E-state index is 0.101. The number of aliphatic hydroxyl groups is 11. The van der Waals surface area contributed by atoms with Crippen LogP contribution in [0, 0.1) is 0 Å². The maximum absolute atomic E-state index is 12.6. The fourth-order valence-corrected chi connectivity index (χ4v) is 3.26. The molecule has 0 aromatic heterocycles. The number of carbonyl (C=O) groups is 9. The molecule has 2 unspecified atom stereocenters. The molecule has 0 fully saturated rings. The molecule has 27 heteroatoms. The van der Waals surface area contributed by atoms with Crippen molar-refractivity contribution < 1.29 is 128 Å². The van der Waals surface area contributed by atoms with Gasteiger partial charge in [-0.15, -0.1) is 0 Å². The quantitative estimate of drug-likeness (QED) is 0.0219. The van der Waals surface area contributed by atoms with Crippen LogP contribution in [-0.2, 0) is 62.1 Å². The molecule has 0 amide bonds. The summed E-state index contributed by atoms with van der Waals surface area (Å²) in [5.74, 6) is -9.14. The van der Waals surface area contributed by atoms with Gasteiger partial charge in [-0.2, -0.15) is 0 Å². The molecule has 0 rings (SSSR count). The van der Waals surface area contributed by atoms with Gasteiger partial charge in [0, 0.05) is 0 Å². The highest BCUT2D eigenvalue weighted by Gasteiger charge is 2.44. The maximum Gasteiger partial charge on any atom is 0.339 e. The van der Waals surface area contributed by atoms with E-state index in [1.807, 2.05) is 0 Å². The number of carboxylic acids is 2. The van der Waals surface area contributed by atoms with Crippen molar-refractivity contribution in [2.75, 3.05) is 26.4 Å². The van der Waals surface area contributed by atoms with Crippen LogP contribution in [0.5, 0.6) is 0 Å². The van der Waals surface area contributed by atoms with Crippen molar-refractivity contribution in [2.24, 2.45) is 5.73 Å². The number of ether oxygens (including phenoxy) is 4. The van der Waals surface area contributed by atoms with Gasteiger partial charge in [-0.1, -0.05) is 0 Å². The molecule has 55 heavy (non-hydrogen) atoms. The third-order valence-electron chi connectivity index (χ3n) is 6.48. The minimum Gasteiger partial charge on any atom is -0.481 e. The van der Waals surface area contributed by atoms with Gasteiger partial charge >= 0.3 is 35.8 Å². The summed E-state index contributed by atoms with van der Waals surface area (Å²) < 4.78 is 18.4. The van der Waals surface area contributed by atoms with E-state index in [1.165, 1.54) is 0 Å². The van der Waals surface area contributed by atoms with Crippen LogP contribution in [0.15, 0.2) is 0 Å². The molecular weight excluding hydrogens is 766 g/mol. The average Bonchev–Trinajstić information content (AvgIpc) is 3.14. The molecule has 12 atom stereocenters. The van der Waals surface area contributed by atoms with E-state index in [0.717, 1.165) is 0 Å². The lowest BCUT2D eigenvalue weighted by Gasteiger charge is -2.26. The first-order valence-electron chi connectivity index (χ1n) is 15.1. The first-order valence-corrected chi connectivity index (χ1v) is 15.1. The van der Waals surface area contributed by atoms with E-state index >= 15 is 0 Å². The van der Waals surface area contributed by atoms with Gasteiger partial charge in [0.1, 0.15) is 87.4 Å². The predicted octanol–water partition coefficient (Wildman–Crippen LogP) is -10.3. The van der Waals surface area contributed by atoms with Crippen LogP contribution in [0.25, 0.3) is 0 Å². The van der Waals surface area contributed by atoms with E-state index in [4.69, 9.17) is 26.2 Å². The van der Waals surface area contributed by atoms with Crippen molar-refractivity contribution in [1.82, 2.24) is 0 Å². The third kappa shape index (κ3) is 20.6. The van der Waals surface area contributed by atoms with E-state index in [-0.39, 0.29) is 18.9 Å². The van der Waals surface area contributed by atoms with Gasteiger partial charge in [0.25, 0.3) is 0 Å². The highest BCUT2D eigenvalue weighted by Crippen LogP contribution is 2.21. The molecule has 0 aromatic carbocycles. The Morgan fingerprint density at radius 3 is 1.24 bits per heavy atom. The Balaban J connectivity index is 0. The number of carbonyl (C=O) groups excluding carboxylic acids is 7. The molecule has 0 spiro atoms. The lowest BCUT2D eigenvalue weighted by atomic mass is 9.95. The molecule has 0 heterocycles. The molecule has 0 aliphatic rings. The van der Waals surface area contributed by atoms with E-state index in [2.05, 4.69) is 18.9 Å². The summed E-state index contributed by atoms with van der Waals surface area (Å²) in [5, 5.41) is 120. The summed E-state index contributed by atoms with van der Waals surface area (Å²) in [6.07, 6.45) is -24.5. The first-order chi connectivity index (χ1) is 25.4. The first kappa shape index (κ1) is 52.5. The standard InChI is InChI=1S/C24H37NO21.C4H6O5/c25-10(22(40)45-8-15(33)20(38)12(30)4-27)6-43-17(35)1-24(42,23(41)46-9-16(34)21(39)13(31)5-28)2-18(36)44-7-14(32)19(37)11(29)3-26;5-2(4(8)9)1-3(6)7/h3-5,10-16,19-21,29-34,37-39,42H,1-2,6-9,25H2;2,5H,1H2,(H,6,7)(H,8,9)/t10-,11-,12-,13+,14-,15+,16+,19+,20+,21-,24?;/m0./s1. The monoisotopic (exact) mass is 809 g/mol. The topological polar surface area (TPSA) is 480 Å². The molecule has 27 nitrogen and oxygen atoms in total. The Morgan fingerprint density at radius 2 is 0.909 bits per heavy atom. The third-order valence-corrected chi connectivity index (χ3v) is 6.48. The summed E-state index contributed by atoms with van der Waals surface area (Å²) in [6.45, 7) is -4.30. The predicted molar refractivity (Wildman–Crippen MR) is 164 cm³/mol. The van der Waals surface area contributed by atoms with Crippen LogP contribution in [0.4, 0.5) is 0 Å². The normalized spacial score (nSPS) is 18.1. The lowest BCUT2D eigenvalue weighted by Crippen LogP contribution is -2.48. The fourth-order valence-electron chi connectivity index (χ4n) is 3.26. The Morgan fingerprint density at radius 1 is 0.564 bits per heavy atom. The largest absolute Gasteiger partial charge is 0.481 e. The molecule has 15 N–H and O–H groups in total. The molecule has 316 valence electrons. The number of aldehydes is 3.